The second-order valence-electron chi connectivity index (χ2n) is 11.3. The lowest BCUT2D eigenvalue weighted by Crippen LogP contribution is -2.00. The van der Waals surface area contributed by atoms with E-state index in [1.807, 2.05) is 91.1 Å². The van der Waals surface area contributed by atoms with Crippen LogP contribution in [0.2, 0.25) is 0 Å². The summed E-state index contributed by atoms with van der Waals surface area (Å²) in [5, 5.41) is 0. The molecule has 0 atom stereocenters. The van der Waals surface area contributed by atoms with Gasteiger partial charge in [-0.05, 0) is 58.7 Å². The minimum absolute atomic E-state index is 0.602. The number of aromatic nitrogens is 6. The van der Waals surface area contributed by atoms with Crippen LogP contribution in [-0.4, -0.2) is 29.9 Å². The van der Waals surface area contributed by atoms with E-state index in [9.17, 15) is 0 Å². The maximum Gasteiger partial charge on any atom is 0.164 e. The summed E-state index contributed by atoms with van der Waals surface area (Å²) in [5.74, 6) is 2.54. The molecule has 0 saturated carbocycles. The monoisotopic (exact) mass is 616 g/mol. The maximum absolute atomic E-state index is 5.03. The number of pyridine rings is 1. The Morgan fingerprint density at radius 1 is 0.250 bits per heavy atom. The van der Waals surface area contributed by atoms with Crippen molar-refractivity contribution < 1.29 is 0 Å². The van der Waals surface area contributed by atoms with Crippen LogP contribution >= 0.6 is 0 Å². The fourth-order valence-electron chi connectivity index (χ4n) is 5.65. The number of rotatable bonds is 7. The average Bonchev–Trinajstić information content (AvgIpc) is 3.19. The first-order chi connectivity index (χ1) is 23.8. The van der Waals surface area contributed by atoms with Gasteiger partial charge in [0.15, 0.2) is 23.3 Å². The van der Waals surface area contributed by atoms with E-state index in [4.69, 9.17) is 15.0 Å². The van der Waals surface area contributed by atoms with Crippen molar-refractivity contribution in [3.05, 3.63) is 170 Å². The molecule has 0 bridgehead atoms. The lowest BCUT2D eigenvalue weighted by molar-refractivity contribution is 1.07. The van der Waals surface area contributed by atoms with Gasteiger partial charge in [-0.3, -0.25) is 4.98 Å². The minimum Gasteiger partial charge on any atom is -0.256 e. The van der Waals surface area contributed by atoms with Crippen molar-refractivity contribution in [2.24, 2.45) is 0 Å². The minimum atomic E-state index is 0.602. The third-order valence-corrected chi connectivity index (χ3v) is 8.11. The topological polar surface area (TPSA) is 77.3 Å². The molecule has 8 aromatic rings. The van der Waals surface area contributed by atoms with E-state index in [0.717, 1.165) is 55.8 Å². The predicted octanol–water partition coefficient (Wildman–Crippen LogP) is 9.73. The SMILES string of the molecule is c1ccc(-c2nc(-c3ccccc3)nc(-c3cc(-c4ccc(-c5ccccn5)cc4)cc(-c4ccc(-c5ncccn5)cc4)c3)n2)cc1. The van der Waals surface area contributed by atoms with Crippen molar-refractivity contribution in [2.75, 3.05) is 0 Å². The summed E-state index contributed by atoms with van der Waals surface area (Å²) in [4.78, 5) is 28.3. The second-order valence-corrected chi connectivity index (χ2v) is 11.3. The van der Waals surface area contributed by atoms with Crippen molar-refractivity contribution in [1.82, 2.24) is 29.9 Å². The van der Waals surface area contributed by atoms with Crippen molar-refractivity contribution in [3.8, 4) is 79.1 Å². The summed E-state index contributed by atoms with van der Waals surface area (Å²) >= 11 is 0. The highest BCUT2D eigenvalue weighted by molar-refractivity contribution is 5.81. The summed E-state index contributed by atoms with van der Waals surface area (Å²) in [7, 11) is 0. The summed E-state index contributed by atoms with van der Waals surface area (Å²) in [6.07, 6.45) is 5.33. The standard InChI is InChI=1S/C42H28N6/c1-3-10-32(11-4-1)40-46-41(33-12-5-2-6-13-33)48-42(47-40)37-27-35(29-15-19-31(20-16-29)38-14-7-8-23-43-38)26-36(28-37)30-17-21-34(22-18-30)39-44-24-9-25-45-39/h1-28H. The fraction of sp³-hybridized carbons (Fsp3) is 0. The first-order valence-corrected chi connectivity index (χ1v) is 15.7. The van der Waals surface area contributed by atoms with Gasteiger partial charge in [-0.1, -0.05) is 115 Å². The van der Waals surface area contributed by atoms with Crippen LogP contribution in [0, 0.1) is 0 Å². The van der Waals surface area contributed by atoms with Gasteiger partial charge in [-0.15, -0.1) is 0 Å². The smallest absolute Gasteiger partial charge is 0.164 e. The molecule has 0 spiro atoms. The third-order valence-electron chi connectivity index (χ3n) is 8.11. The quantitative estimate of drug-likeness (QED) is 0.177. The van der Waals surface area contributed by atoms with Crippen LogP contribution in [0.1, 0.15) is 0 Å². The number of nitrogens with zero attached hydrogens (tertiary/aromatic N) is 6. The van der Waals surface area contributed by atoms with Crippen LogP contribution in [0.3, 0.4) is 0 Å². The second kappa shape index (κ2) is 13.0. The van der Waals surface area contributed by atoms with E-state index < -0.39 is 0 Å². The van der Waals surface area contributed by atoms with Gasteiger partial charge in [-0.25, -0.2) is 24.9 Å². The van der Waals surface area contributed by atoms with E-state index >= 15 is 0 Å². The van der Waals surface area contributed by atoms with Crippen LogP contribution in [0.25, 0.3) is 79.1 Å². The zero-order valence-electron chi connectivity index (χ0n) is 25.8. The van der Waals surface area contributed by atoms with Gasteiger partial charge in [0.1, 0.15) is 0 Å². The first kappa shape index (κ1) is 28.8. The highest BCUT2D eigenvalue weighted by Crippen LogP contribution is 2.34. The molecule has 0 unspecified atom stereocenters. The van der Waals surface area contributed by atoms with Gasteiger partial charge >= 0.3 is 0 Å². The van der Waals surface area contributed by atoms with Crippen LogP contribution in [0.5, 0.6) is 0 Å². The lowest BCUT2D eigenvalue weighted by Gasteiger charge is -2.13. The van der Waals surface area contributed by atoms with E-state index in [1.165, 1.54) is 0 Å². The number of hydrogen-bond donors (Lipinski definition) is 0. The highest BCUT2D eigenvalue weighted by atomic mass is 15.0. The number of benzene rings is 5. The fourth-order valence-corrected chi connectivity index (χ4v) is 5.65. The van der Waals surface area contributed by atoms with Gasteiger partial charge in [0, 0.05) is 46.4 Å². The van der Waals surface area contributed by atoms with Crippen LogP contribution in [0.15, 0.2) is 170 Å². The summed E-state index contributed by atoms with van der Waals surface area (Å²) in [5.41, 5.74) is 9.93. The Labute approximate surface area is 278 Å². The number of hydrogen-bond acceptors (Lipinski definition) is 6. The molecule has 226 valence electrons. The molecule has 0 amide bonds. The van der Waals surface area contributed by atoms with Crippen molar-refractivity contribution in [3.63, 3.8) is 0 Å². The molecule has 0 aliphatic rings. The summed E-state index contributed by atoms with van der Waals surface area (Å²) < 4.78 is 0. The van der Waals surface area contributed by atoms with Crippen molar-refractivity contribution in [2.45, 2.75) is 0 Å². The van der Waals surface area contributed by atoms with Gasteiger partial charge in [0.2, 0.25) is 0 Å². The van der Waals surface area contributed by atoms with Crippen LogP contribution in [-0.2, 0) is 0 Å². The summed E-state index contributed by atoms with van der Waals surface area (Å²) in [6, 6.07) is 51.2. The molecular formula is C42H28N6. The molecule has 0 saturated heterocycles. The Hall–Kier alpha value is -6.66. The van der Waals surface area contributed by atoms with Crippen molar-refractivity contribution >= 4 is 0 Å². The Balaban J connectivity index is 1.28. The summed E-state index contributed by atoms with van der Waals surface area (Å²) in [6.45, 7) is 0. The average molecular weight is 617 g/mol. The van der Waals surface area contributed by atoms with Gasteiger partial charge < -0.3 is 0 Å². The van der Waals surface area contributed by atoms with Gasteiger partial charge in [-0.2, -0.15) is 0 Å². The molecule has 48 heavy (non-hydrogen) atoms. The van der Waals surface area contributed by atoms with Crippen LogP contribution in [0.4, 0.5) is 0 Å². The highest BCUT2D eigenvalue weighted by Gasteiger charge is 2.15. The molecule has 0 aliphatic carbocycles. The largest absolute Gasteiger partial charge is 0.256 e. The third kappa shape index (κ3) is 6.10. The Kier molecular flexibility index (Phi) is 7.79. The zero-order valence-corrected chi connectivity index (χ0v) is 25.8. The molecule has 0 radical (unpaired) electrons. The lowest BCUT2D eigenvalue weighted by atomic mass is 9.94. The normalized spacial score (nSPS) is 10.9. The molecule has 8 rings (SSSR count). The van der Waals surface area contributed by atoms with Crippen LogP contribution < -0.4 is 0 Å². The molecule has 6 nitrogen and oxygen atoms in total. The van der Waals surface area contributed by atoms with E-state index in [1.54, 1.807) is 12.4 Å². The van der Waals surface area contributed by atoms with Gasteiger partial charge in [0.25, 0.3) is 0 Å². The Morgan fingerprint density at radius 2 is 0.667 bits per heavy atom. The molecule has 0 N–H and O–H groups in total. The maximum atomic E-state index is 5.03. The molecule has 3 heterocycles. The van der Waals surface area contributed by atoms with E-state index in [0.29, 0.717) is 23.3 Å². The van der Waals surface area contributed by atoms with E-state index in [2.05, 4.69) is 81.7 Å². The first-order valence-electron chi connectivity index (χ1n) is 15.7. The molecule has 3 aromatic heterocycles. The van der Waals surface area contributed by atoms with Gasteiger partial charge in [0.05, 0.1) is 5.69 Å². The van der Waals surface area contributed by atoms with E-state index in [-0.39, 0.29) is 0 Å². The predicted molar refractivity (Wildman–Crippen MR) is 191 cm³/mol. The Morgan fingerprint density at radius 3 is 1.19 bits per heavy atom. The Bertz CT molecular complexity index is 2130. The molecular weight excluding hydrogens is 589 g/mol. The zero-order chi connectivity index (χ0) is 32.1. The molecule has 6 heteroatoms. The molecule has 0 fully saturated rings. The van der Waals surface area contributed by atoms with Crippen molar-refractivity contribution in [1.29, 1.82) is 0 Å². The molecule has 0 aliphatic heterocycles. The molecule has 5 aromatic carbocycles.